The molecule has 1 N–H and O–H groups in total. The minimum Gasteiger partial charge on any atom is -0.375 e. The minimum absolute atomic E-state index is 0.0136. The summed E-state index contributed by atoms with van der Waals surface area (Å²) in [6.07, 6.45) is 1.49. The Balaban J connectivity index is 1.54. The van der Waals surface area contributed by atoms with E-state index in [9.17, 15) is 9.59 Å². The van der Waals surface area contributed by atoms with Gasteiger partial charge < -0.3 is 19.9 Å². The molecule has 2 aliphatic heterocycles. The molecule has 3 rings (SSSR count). The molecule has 0 saturated carbocycles. The van der Waals surface area contributed by atoms with E-state index >= 15 is 0 Å². The van der Waals surface area contributed by atoms with Crippen molar-refractivity contribution in [2.75, 3.05) is 46.4 Å². The molecule has 0 aliphatic carbocycles. The van der Waals surface area contributed by atoms with E-state index < -0.39 is 0 Å². The zero-order valence-corrected chi connectivity index (χ0v) is 14.8. The Hall–Kier alpha value is -1.92. The maximum absolute atomic E-state index is 12.9. The summed E-state index contributed by atoms with van der Waals surface area (Å²) in [7, 11) is 1.53. The van der Waals surface area contributed by atoms with Crippen LogP contribution < -0.4 is 5.32 Å². The third-order valence-corrected chi connectivity index (χ3v) is 5.15. The molecule has 1 aromatic carbocycles. The van der Waals surface area contributed by atoms with E-state index in [4.69, 9.17) is 4.74 Å². The van der Waals surface area contributed by atoms with E-state index in [1.54, 1.807) is 4.90 Å². The number of amides is 2. The number of piperazine rings is 1. The number of carbonyl (C=O) groups is 2. The molecule has 0 aromatic heterocycles. The molecule has 2 amide bonds. The molecule has 0 spiro atoms. The van der Waals surface area contributed by atoms with Crippen LogP contribution in [0.2, 0.25) is 0 Å². The first kappa shape index (κ1) is 17.9. The van der Waals surface area contributed by atoms with Gasteiger partial charge in [-0.15, -0.1) is 0 Å². The van der Waals surface area contributed by atoms with Gasteiger partial charge in [0.05, 0.1) is 0 Å². The molecule has 6 nitrogen and oxygen atoms in total. The van der Waals surface area contributed by atoms with Crippen LogP contribution in [0.3, 0.4) is 0 Å². The van der Waals surface area contributed by atoms with Crippen LogP contribution in [0.25, 0.3) is 0 Å². The normalized spacial score (nSPS) is 22.0. The number of nitrogens with one attached hydrogen (secondary N) is 1. The van der Waals surface area contributed by atoms with Crippen molar-refractivity contribution in [1.29, 1.82) is 0 Å². The highest BCUT2D eigenvalue weighted by Crippen LogP contribution is 2.23. The predicted molar refractivity (Wildman–Crippen MR) is 94.9 cm³/mol. The summed E-state index contributed by atoms with van der Waals surface area (Å²) in [6, 6.07) is 10.5. The summed E-state index contributed by atoms with van der Waals surface area (Å²) >= 11 is 0. The van der Waals surface area contributed by atoms with E-state index in [1.165, 1.54) is 12.7 Å². The van der Waals surface area contributed by atoms with Gasteiger partial charge >= 0.3 is 0 Å². The zero-order chi connectivity index (χ0) is 17.6. The van der Waals surface area contributed by atoms with Crippen LogP contribution in [0.1, 0.15) is 24.4 Å². The highest BCUT2D eigenvalue weighted by molar-refractivity contribution is 5.80. The second-order valence-electron chi connectivity index (χ2n) is 6.79. The maximum atomic E-state index is 12.9. The summed E-state index contributed by atoms with van der Waals surface area (Å²) in [5.74, 6) is 0.280. The quantitative estimate of drug-likeness (QED) is 0.886. The lowest BCUT2D eigenvalue weighted by Gasteiger charge is -2.38. The van der Waals surface area contributed by atoms with Gasteiger partial charge in [-0.2, -0.15) is 0 Å². The van der Waals surface area contributed by atoms with Crippen molar-refractivity contribution >= 4 is 11.8 Å². The van der Waals surface area contributed by atoms with E-state index in [0.717, 1.165) is 25.9 Å². The predicted octanol–water partition coefficient (Wildman–Crippen LogP) is 1.04. The summed E-state index contributed by atoms with van der Waals surface area (Å²) in [4.78, 5) is 28.6. The van der Waals surface area contributed by atoms with Crippen molar-refractivity contribution in [2.24, 2.45) is 5.92 Å². The Bertz CT molecular complexity index is 585. The summed E-state index contributed by atoms with van der Waals surface area (Å²) in [6.45, 7) is 3.70. The second kappa shape index (κ2) is 8.45. The van der Waals surface area contributed by atoms with Gasteiger partial charge in [0.25, 0.3) is 0 Å². The second-order valence-corrected chi connectivity index (χ2v) is 6.79. The Labute approximate surface area is 149 Å². The molecule has 1 aromatic rings. The molecule has 1 atom stereocenters. The number of benzene rings is 1. The average Bonchev–Trinajstić information content (AvgIpc) is 2.68. The number of ether oxygens (including phenoxy) is 1. The van der Waals surface area contributed by atoms with Crippen LogP contribution >= 0.6 is 0 Å². The molecule has 2 saturated heterocycles. The standard InChI is InChI=1S/C19H27N3O3/c1-25-14-18(23)21-10-7-16(8-11-21)19(24)22-12-9-20-17(13-22)15-5-3-2-4-6-15/h2-6,16-17,20H,7-14H2,1H3/t17-/m1/s1. The molecule has 136 valence electrons. The van der Waals surface area contributed by atoms with Crippen molar-refractivity contribution in [3.05, 3.63) is 35.9 Å². The Morgan fingerprint density at radius 1 is 1.12 bits per heavy atom. The molecule has 2 fully saturated rings. The monoisotopic (exact) mass is 345 g/mol. The zero-order valence-electron chi connectivity index (χ0n) is 14.8. The van der Waals surface area contributed by atoms with Crippen LogP contribution in [-0.4, -0.2) is 68.1 Å². The van der Waals surface area contributed by atoms with Crippen molar-refractivity contribution in [2.45, 2.75) is 18.9 Å². The molecule has 6 heteroatoms. The highest BCUT2D eigenvalue weighted by atomic mass is 16.5. The van der Waals surface area contributed by atoms with Gasteiger partial charge in [0.15, 0.2) is 0 Å². The number of hydrogen-bond donors (Lipinski definition) is 1. The summed E-state index contributed by atoms with van der Waals surface area (Å²) in [5.41, 5.74) is 1.22. The lowest BCUT2D eigenvalue weighted by atomic mass is 9.94. The maximum Gasteiger partial charge on any atom is 0.248 e. The number of nitrogens with zero attached hydrogens (tertiary/aromatic N) is 2. The number of methoxy groups -OCH3 is 1. The van der Waals surface area contributed by atoms with E-state index in [0.29, 0.717) is 19.6 Å². The van der Waals surface area contributed by atoms with Gasteiger partial charge in [0.1, 0.15) is 6.61 Å². The fourth-order valence-electron chi connectivity index (χ4n) is 3.71. The third-order valence-electron chi connectivity index (χ3n) is 5.15. The Morgan fingerprint density at radius 3 is 2.52 bits per heavy atom. The van der Waals surface area contributed by atoms with Gasteiger partial charge in [-0.3, -0.25) is 9.59 Å². The molecule has 25 heavy (non-hydrogen) atoms. The van der Waals surface area contributed by atoms with Crippen LogP contribution in [-0.2, 0) is 14.3 Å². The fraction of sp³-hybridized carbons (Fsp3) is 0.579. The molecular weight excluding hydrogens is 318 g/mol. The highest BCUT2D eigenvalue weighted by Gasteiger charge is 2.32. The van der Waals surface area contributed by atoms with Crippen molar-refractivity contribution in [1.82, 2.24) is 15.1 Å². The third kappa shape index (κ3) is 4.38. The minimum atomic E-state index is 0.0136. The number of piperidine rings is 1. The molecule has 0 radical (unpaired) electrons. The van der Waals surface area contributed by atoms with E-state index in [2.05, 4.69) is 17.4 Å². The molecular formula is C19H27N3O3. The summed E-state index contributed by atoms with van der Waals surface area (Å²) < 4.78 is 4.91. The lowest BCUT2D eigenvalue weighted by Crippen LogP contribution is -2.51. The summed E-state index contributed by atoms with van der Waals surface area (Å²) in [5, 5.41) is 3.50. The largest absolute Gasteiger partial charge is 0.375 e. The van der Waals surface area contributed by atoms with Crippen molar-refractivity contribution < 1.29 is 14.3 Å². The van der Waals surface area contributed by atoms with Crippen LogP contribution in [0.4, 0.5) is 0 Å². The van der Waals surface area contributed by atoms with Gasteiger partial charge in [-0.25, -0.2) is 0 Å². The van der Waals surface area contributed by atoms with E-state index in [1.807, 2.05) is 23.1 Å². The molecule has 0 unspecified atom stereocenters. The first-order valence-corrected chi connectivity index (χ1v) is 9.03. The first-order valence-electron chi connectivity index (χ1n) is 9.03. The van der Waals surface area contributed by atoms with Gasteiger partial charge in [-0.1, -0.05) is 30.3 Å². The number of likely N-dealkylation sites (tertiary alicyclic amines) is 1. The number of hydrogen-bond acceptors (Lipinski definition) is 4. The molecule has 2 heterocycles. The lowest BCUT2D eigenvalue weighted by molar-refractivity contribution is -0.143. The number of rotatable bonds is 4. The van der Waals surface area contributed by atoms with Gasteiger partial charge in [0, 0.05) is 51.8 Å². The average molecular weight is 345 g/mol. The molecule has 0 bridgehead atoms. The van der Waals surface area contributed by atoms with Crippen molar-refractivity contribution in [3.63, 3.8) is 0 Å². The van der Waals surface area contributed by atoms with Gasteiger partial charge in [-0.05, 0) is 18.4 Å². The fourth-order valence-corrected chi connectivity index (χ4v) is 3.71. The topological polar surface area (TPSA) is 61.9 Å². The van der Waals surface area contributed by atoms with Crippen LogP contribution in [0.15, 0.2) is 30.3 Å². The SMILES string of the molecule is COCC(=O)N1CCC(C(=O)N2CCN[C@@H](c3ccccc3)C2)CC1. The van der Waals surface area contributed by atoms with Gasteiger partial charge in [0.2, 0.25) is 11.8 Å². The van der Waals surface area contributed by atoms with Crippen LogP contribution in [0, 0.1) is 5.92 Å². The molecule has 2 aliphatic rings. The van der Waals surface area contributed by atoms with Crippen LogP contribution in [0.5, 0.6) is 0 Å². The first-order chi connectivity index (χ1) is 12.2. The van der Waals surface area contributed by atoms with E-state index in [-0.39, 0.29) is 30.4 Å². The Morgan fingerprint density at radius 2 is 1.84 bits per heavy atom. The Kier molecular flexibility index (Phi) is 6.04. The smallest absolute Gasteiger partial charge is 0.248 e. The van der Waals surface area contributed by atoms with Crippen molar-refractivity contribution in [3.8, 4) is 0 Å². The number of carbonyl (C=O) groups excluding carboxylic acids is 2.